The van der Waals surface area contributed by atoms with Crippen LogP contribution in [0.15, 0.2) is 27.8 Å². The zero-order valence-electron chi connectivity index (χ0n) is 6.57. The molecular weight excluding hydrogens is 341 g/mol. The molecule has 0 unspecified atom stereocenters. The number of para-hydroxylation sites is 1. The van der Waals surface area contributed by atoms with Gasteiger partial charge in [-0.2, -0.15) is 4.98 Å². The van der Waals surface area contributed by atoms with Crippen LogP contribution in [0.4, 0.5) is 0 Å². The molecule has 0 radical (unpaired) electrons. The molecule has 74 valence electrons. The topological polar surface area (TPSA) is 60.2 Å². The fourth-order valence-corrected chi connectivity index (χ4v) is 2.18. The number of hydrogen-bond donors (Lipinski definition) is 0. The fraction of sp³-hybridized carbons (Fsp3) is 0. The third-order valence-electron chi connectivity index (χ3n) is 1.56. The second kappa shape index (κ2) is 3.35. The maximum atomic E-state index is 10.9. The first kappa shape index (κ1) is 10.2. The molecule has 1 aromatic carbocycles. The van der Waals surface area contributed by atoms with Crippen molar-refractivity contribution in [1.29, 1.82) is 0 Å². The predicted molar refractivity (Wildman–Crippen MR) is 59.8 cm³/mol. The summed E-state index contributed by atoms with van der Waals surface area (Å²) in [5, 5.41) is -0.460. The van der Waals surface area contributed by atoms with Crippen molar-refractivity contribution in [2.75, 3.05) is 0 Å². The number of oxazole rings is 1. The average molecular weight is 344 g/mol. The summed E-state index contributed by atoms with van der Waals surface area (Å²) >= 11 is 2.04. The minimum Gasteiger partial charge on any atom is -0.427 e. The molecular formula is C7H3ClINO3S. The van der Waals surface area contributed by atoms with Gasteiger partial charge in [0.2, 0.25) is 0 Å². The summed E-state index contributed by atoms with van der Waals surface area (Å²) in [6, 6.07) is 5.19. The molecule has 4 nitrogen and oxygen atoms in total. The Morgan fingerprint density at radius 1 is 1.43 bits per heavy atom. The maximum Gasteiger partial charge on any atom is 0.332 e. The molecule has 2 rings (SSSR count). The highest BCUT2D eigenvalue weighted by Gasteiger charge is 2.19. The van der Waals surface area contributed by atoms with E-state index >= 15 is 0 Å². The smallest absolute Gasteiger partial charge is 0.332 e. The Bertz CT molecular complexity index is 592. The molecule has 0 fully saturated rings. The molecule has 0 atom stereocenters. The largest absolute Gasteiger partial charge is 0.427 e. The van der Waals surface area contributed by atoms with E-state index in [2.05, 4.69) is 4.98 Å². The summed E-state index contributed by atoms with van der Waals surface area (Å²) in [4.78, 5) is 3.79. The third kappa shape index (κ3) is 1.73. The van der Waals surface area contributed by atoms with Crippen molar-refractivity contribution in [3.05, 3.63) is 21.8 Å². The SMILES string of the molecule is O=S(=O)(Cl)c1nc2c(I)cccc2o1. The Balaban J connectivity index is 2.81. The van der Waals surface area contributed by atoms with Gasteiger partial charge in [-0.25, -0.2) is 8.42 Å². The Hall–Kier alpha value is -0.340. The van der Waals surface area contributed by atoms with Crippen LogP contribution in [0, 0.1) is 3.57 Å². The number of rotatable bonds is 1. The lowest BCUT2D eigenvalue weighted by Crippen LogP contribution is -1.89. The number of nitrogens with zero attached hydrogens (tertiary/aromatic N) is 1. The van der Waals surface area contributed by atoms with E-state index in [1.165, 1.54) is 0 Å². The first-order valence-electron chi connectivity index (χ1n) is 3.48. The summed E-state index contributed by atoms with van der Waals surface area (Å²) in [7, 11) is 1.21. The van der Waals surface area contributed by atoms with Crippen LogP contribution in [0.5, 0.6) is 0 Å². The first-order valence-corrected chi connectivity index (χ1v) is 6.87. The second-order valence-corrected chi connectivity index (χ2v) is 6.11. The molecule has 0 aliphatic heterocycles. The highest BCUT2D eigenvalue weighted by Crippen LogP contribution is 2.24. The van der Waals surface area contributed by atoms with Gasteiger partial charge in [-0.1, -0.05) is 6.07 Å². The molecule has 0 saturated carbocycles. The van der Waals surface area contributed by atoms with Gasteiger partial charge in [0, 0.05) is 14.3 Å². The Kier molecular flexibility index (Phi) is 2.44. The standard InChI is InChI=1S/C7H3ClINO3S/c8-14(11,12)7-10-6-4(9)2-1-3-5(6)13-7/h1-3H. The normalized spacial score (nSPS) is 12.1. The number of aromatic nitrogens is 1. The number of fused-ring (bicyclic) bond motifs is 1. The van der Waals surface area contributed by atoms with Gasteiger partial charge in [0.1, 0.15) is 5.52 Å². The monoisotopic (exact) mass is 343 g/mol. The van der Waals surface area contributed by atoms with E-state index in [0.717, 1.165) is 3.57 Å². The number of benzene rings is 1. The van der Waals surface area contributed by atoms with Crippen LogP contribution in [0.2, 0.25) is 0 Å². The highest BCUT2D eigenvalue weighted by molar-refractivity contribution is 14.1. The maximum absolute atomic E-state index is 10.9. The van der Waals surface area contributed by atoms with E-state index < -0.39 is 14.3 Å². The zero-order valence-corrected chi connectivity index (χ0v) is 10.3. The van der Waals surface area contributed by atoms with Crippen molar-refractivity contribution < 1.29 is 12.8 Å². The van der Waals surface area contributed by atoms with Crippen LogP contribution in [0.25, 0.3) is 11.1 Å². The van der Waals surface area contributed by atoms with Gasteiger partial charge in [0.05, 0.1) is 0 Å². The van der Waals surface area contributed by atoms with Crippen LogP contribution in [-0.4, -0.2) is 13.4 Å². The third-order valence-corrected chi connectivity index (χ3v) is 3.42. The molecule has 1 heterocycles. The molecule has 0 spiro atoms. The molecule has 0 amide bonds. The average Bonchev–Trinajstić information content (AvgIpc) is 2.48. The number of hydrogen-bond acceptors (Lipinski definition) is 4. The van der Waals surface area contributed by atoms with Crippen molar-refractivity contribution in [3.8, 4) is 0 Å². The van der Waals surface area contributed by atoms with Gasteiger partial charge < -0.3 is 4.42 Å². The Morgan fingerprint density at radius 3 is 2.71 bits per heavy atom. The predicted octanol–water partition coefficient (Wildman–Crippen LogP) is 2.36. The zero-order chi connectivity index (χ0) is 10.3. The van der Waals surface area contributed by atoms with Crippen LogP contribution >= 0.6 is 33.3 Å². The molecule has 0 saturated heterocycles. The van der Waals surface area contributed by atoms with E-state index in [4.69, 9.17) is 15.1 Å². The highest BCUT2D eigenvalue weighted by atomic mass is 127. The lowest BCUT2D eigenvalue weighted by Gasteiger charge is -1.86. The van der Waals surface area contributed by atoms with Crippen LogP contribution in [-0.2, 0) is 9.05 Å². The summed E-state index contributed by atoms with van der Waals surface area (Å²) in [5.41, 5.74) is 0.920. The van der Waals surface area contributed by atoms with Gasteiger partial charge in [-0.3, -0.25) is 0 Å². The quantitative estimate of drug-likeness (QED) is 0.589. The summed E-state index contributed by atoms with van der Waals surface area (Å²) in [6.45, 7) is 0. The van der Waals surface area contributed by atoms with Crippen molar-refractivity contribution >= 4 is 53.4 Å². The van der Waals surface area contributed by atoms with Crippen LogP contribution in [0.3, 0.4) is 0 Å². The molecule has 2 aromatic rings. The second-order valence-electron chi connectivity index (χ2n) is 2.50. The molecule has 0 N–H and O–H groups in total. The lowest BCUT2D eigenvalue weighted by molar-refractivity contribution is 0.464. The van der Waals surface area contributed by atoms with Gasteiger partial charge in [-0.05, 0) is 34.7 Å². The van der Waals surface area contributed by atoms with Gasteiger partial charge in [0.15, 0.2) is 5.58 Å². The van der Waals surface area contributed by atoms with Crippen molar-refractivity contribution in [2.45, 2.75) is 5.22 Å². The molecule has 14 heavy (non-hydrogen) atoms. The van der Waals surface area contributed by atoms with Gasteiger partial charge >= 0.3 is 14.3 Å². The molecule has 0 aliphatic carbocycles. The van der Waals surface area contributed by atoms with Gasteiger partial charge in [0.25, 0.3) is 0 Å². The number of halogens is 2. The van der Waals surface area contributed by atoms with E-state index in [0.29, 0.717) is 11.1 Å². The minimum atomic E-state index is -3.89. The summed E-state index contributed by atoms with van der Waals surface area (Å²) in [5.74, 6) is 0. The molecule has 0 bridgehead atoms. The molecule has 1 aromatic heterocycles. The minimum absolute atomic E-state index is 0.413. The van der Waals surface area contributed by atoms with Crippen LogP contribution < -0.4 is 0 Å². The summed E-state index contributed by atoms with van der Waals surface area (Å²) in [6.07, 6.45) is 0. The van der Waals surface area contributed by atoms with E-state index in [1.807, 2.05) is 22.6 Å². The van der Waals surface area contributed by atoms with Crippen molar-refractivity contribution in [1.82, 2.24) is 4.98 Å². The van der Waals surface area contributed by atoms with E-state index in [-0.39, 0.29) is 0 Å². The molecule has 7 heteroatoms. The molecule has 0 aliphatic rings. The lowest BCUT2D eigenvalue weighted by atomic mass is 10.3. The van der Waals surface area contributed by atoms with Crippen molar-refractivity contribution in [2.24, 2.45) is 0 Å². The van der Waals surface area contributed by atoms with Gasteiger partial charge in [-0.15, -0.1) is 0 Å². The fourth-order valence-electron chi connectivity index (χ4n) is 0.999. The van der Waals surface area contributed by atoms with Crippen LogP contribution in [0.1, 0.15) is 0 Å². The summed E-state index contributed by atoms with van der Waals surface area (Å²) < 4.78 is 27.6. The Labute approximate surface area is 97.8 Å². The van der Waals surface area contributed by atoms with E-state index in [1.54, 1.807) is 18.2 Å². The van der Waals surface area contributed by atoms with Crippen molar-refractivity contribution in [3.63, 3.8) is 0 Å². The van der Waals surface area contributed by atoms with E-state index in [9.17, 15) is 8.42 Å². The Morgan fingerprint density at radius 2 is 2.14 bits per heavy atom. The first-order chi connectivity index (χ1) is 6.48.